The fourth-order valence-corrected chi connectivity index (χ4v) is 4.44. The van der Waals surface area contributed by atoms with Gasteiger partial charge in [-0.15, -0.1) is 0 Å². The van der Waals surface area contributed by atoms with E-state index in [1.807, 2.05) is 18.3 Å². The van der Waals surface area contributed by atoms with E-state index in [2.05, 4.69) is 78.2 Å². The molecule has 0 saturated carbocycles. The minimum atomic E-state index is -0.00609. The summed E-state index contributed by atoms with van der Waals surface area (Å²) in [7, 11) is 0. The van der Waals surface area contributed by atoms with Crippen LogP contribution >= 0.6 is 12.2 Å². The van der Waals surface area contributed by atoms with E-state index in [1.54, 1.807) is 0 Å². The van der Waals surface area contributed by atoms with Crippen molar-refractivity contribution in [1.29, 1.82) is 0 Å². The molecule has 0 unspecified atom stereocenters. The molecule has 0 radical (unpaired) electrons. The monoisotopic (exact) mass is 376 g/mol. The highest BCUT2D eigenvalue weighted by Gasteiger charge is 2.41. The van der Waals surface area contributed by atoms with Crippen LogP contribution in [0.1, 0.15) is 45.9 Å². The summed E-state index contributed by atoms with van der Waals surface area (Å²) in [5.74, 6) is 0. The highest BCUT2D eigenvalue weighted by Crippen LogP contribution is 2.43. The van der Waals surface area contributed by atoms with E-state index in [1.165, 1.54) is 22.4 Å². The standard InChI is InChI=1S/C22H24N4S/c1-13-9-14(2)11-17(10-13)26-21(18-12-15(3)24-16(18)4)20(25-22(26)27)19-7-5-6-8-23-19/h5-12,20-21,24H,1-4H3,(H,25,27)/t20-,21+/m0/s1. The van der Waals surface area contributed by atoms with Crippen LogP contribution in [-0.2, 0) is 0 Å². The number of aryl methyl sites for hydroxylation is 4. The minimum absolute atomic E-state index is 0.00609. The summed E-state index contributed by atoms with van der Waals surface area (Å²) < 4.78 is 0. The van der Waals surface area contributed by atoms with Gasteiger partial charge in [0.25, 0.3) is 0 Å². The predicted octanol–water partition coefficient (Wildman–Crippen LogP) is 4.82. The van der Waals surface area contributed by atoms with Gasteiger partial charge in [-0.1, -0.05) is 12.1 Å². The number of aromatic nitrogens is 2. The molecule has 1 aliphatic heterocycles. The van der Waals surface area contributed by atoms with Crippen molar-refractivity contribution in [1.82, 2.24) is 15.3 Å². The van der Waals surface area contributed by atoms with Crippen molar-refractivity contribution in [2.75, 3.05) is 4.90 Å². The lowest BCUT2D eigenvalue weighted by Gasteiger charge is -2.28. The Hall–Kier alpha value is -2.66. The number of thiocarbonyl (C=S) groups is 1. The zero-order valence-corrected chi connectivity index (χ0v) is 16.9. The second-order valence-electron chi connectivity index (χ2n) is 7.38. The second-order valence-corrected chi connectivity index (χ2v) is 7.76. The fourth-order valence-electron chi connectivity index (χ4n) is 4.09. The number of anilines is 1. The summed E-state index contributed by atoms with van der Waals surface area (Å²) in [4.78, 5) is 10.3. The van der Waals surface area contributed by atoms with Gasteiger partial charge in [0.1, 0.15) is 0 Å². The highest BCUT2D eigenvalue weighted by atomic mass is 32.1. The first kappa shape index (κ1) is 17.7. The maximum absolute atomic E-state index is 5.79. The number of aromatic amines is 1. The van der Waals surface area contributed by atoms with Crippen LogP contribution in [0.4, 0.5) is 5.69 Å². The molecule has 5 heteroatoms. The quantitative estimate of drug-likeness (QED) is 0.643. The van der Waals surface area contributed by atoms with Gasteiger partial charge in [-0.2, -0.15) is 0 Å². The fraction of sp³-hybridized carbons (Fsp3) is 0.273. The van der Waals surface area contributed by atoms with Crippen LogP contribution in [0, 0.1) is 27.7 Å². The van der Waals surface area contributed by atoms with Crippen LogP contribution in [0.15, 0.2) is 48.7 Å². The van der Waals surface area contributed by atoms with Gasteiger partial charge < -0.3 is 15.2 Å². The highest BCUT2D eigenvalue weighted by molar-refractivity contribution is 7.80. The molecule has 0 amide bonds. The van der Waals surface area contributed by atoms with Crippen molar-refractivity contribution in [3.05, 3.63) is 82.4 Å². The first-order valence-electron chi connectivity index (χ1n) is 9.19. The van der Waals surface area contributed by atoms with Gasteiger partial charge in [-0.3, -0.25) is 4.98 Å². The Kier molecular flexibility index (Phi) is 4.48. The molecule has 4 nitrogen and oxygen atoms in total. The zero-order valence-electron chi connectivity index (χ0n) is 16.1. The summed E-state index contributed by atoms with van der Waals surface area (Å²) in [5, 5.41) is 4.26. The number of benzene rings is 1. The Bertz CT molecular complexity index is 973. The molecule has 1 aromatic carbocycles. The van der Waals surface area contributed by atoms with E-state index >= 15 is 0 Å². The van der Waals surface area contributed by atoms with Gasteiger partial charge in [0.15, 0.2) is 5.11 Å². The normalized spacial score (nSPS) is 19.4. The third-order valence-electron chi connectivity index (χ3n) is 5.09. The molecule has 3 aromatic rings. The predicted molar refractivity (Wildman–Crippen MR) is 114 cm³/mol. The van der Waals surface area contributed by atoms with Gasteiger partial charge in [-0.05, 0) is 86.9 Å². The van der Waals surface area contributed by atoms with Gasteiger partial charge in [0, 0.05) is 23.3 Å². The van der Waals surface area contributed by atoms with E-state index in [9.17, 15) is 0 Å². The van der Waals surface area contributed by atoms with Gasteiger partial charge >= 0.3 is 0 Å². The molecule has 1 aliphatic rings. The van der Waals surface area contributed by atoms with Crippen LogP contribution in [0.5, 0.6) is 0 Å². The smallest absolute Gasteiger partial charge is 0.174 e. The summed E-state index contributed by atoms with van der Waals surface area (Å²) in [6.07, 6.45) is 1.84. The molecule has 2 atom stereocenters. The van der Waals surface area contributed by atoms with Crippen LogP contribution < -0.4 is 10.2 Å². The lowest BCUT2D eigenvalue weighted by Crippen LogP contribution is -2.29. The van der Waals surface area contributed by atoms with Crippen molar-refractivity contribution in [3.8, 4) is 0 Å². The number of rotatable bonds is 3. The molecule has 0 bridgehead atoms. The maximum Gasteiger partial charge on any atom is 0.174 e. The Morgan fingerprint density at radius 1 is 1.00 bits per heavy atom. The summed E-state index contributed by atoms with van der Waals surface area (Å²) in [6.45, 7) is 8.47. The topological polar surface area (TPSA) is 44.0 Å². The van der Waals surface area contributed by atoms with Crippen LogP contribution in [0.3, 0.4) is 0 Å². The van der Waals surface area contributed by atoms with Gasteiger partial charge in [0.2, 0.25) is 0 Å². The van der Waals surface area contributed by atoms with E-state index in [4.69, 9.17) is 12.2 Å². The van der Waals surface area contributed by atoms with Crippen molar-refractivity contribution in [2.45, 2.75) is 39.8 Å². The third-order valence-corrected chi connectivity index (χ3v) is 5.41. The molecule has 0 aliphatic carbocycles. The third kappa shape index (κ3) is 3.23. The molecule has 1 fully saturated rings. The minimum Gasteiger partial charge on any atom is -0.362 e. The molecule has 1 saturated heterocycles. The van der Waals surface area contributed by atoms with E-state index in [0.717, 1.165) is 22.2 Å². The second kappa shape index (κ2) is 6.82. The van der Waals surface area contributed by atoms with Crippen LogP contribution in [-0.4, -0.2) is 15.1 Å². The summed E-state index contributed by atoms with van der Waals surface area (Å²) in [6, 6.07) is 14.9. The van der Waals surface area contributed by atoms with Crippen molar-refractivity contribution in [2.24, 2.45) is 0 Å². The number of hydrogen-bond acceptors (Lipinski definition) is 2. The van der Waals surface area contributed by atoms with E-state index in [-0.39, 0.29) is 12.1 Å². The Labute approximate surface area is 165 Å². The average molecular weight is 377 g/mol. The molecule has 2 N–H and O–H groups in total. The van der Waals surface area contributed by atoms with Crippen molar-refractivity contribution >= 4 is 23.0 Å². The van der Waals surface area contributed by atoms with Crippen molar-refractivity contribution in [3.63, 3.8) is 0 Å². The molecule has 0 spiro atoms. The van der Waals surface area contributed by atoms with E-state index in [0.29, 0.717) is 0 Å². The lowest BCUT2D eigenvalue weighted by molar-refractivity contribution is 0.566. The van der Waals surface area contributed by atoms with Crippen LogP contribution in [0.2, 0.25) is 0 Å². The number of nitrogens with one attached hydrogen (secondary N) is 2. The molecular formula is C22H24N4S. The number of H-pyrrole nitrogens is 1. The number of pyridine rings is 1. The lowest BCUT2D eigenvalue weighted by atomic mass is 9.96. The van der Waals surface area contributed by atoms with Crippen LogP contribution in [0.25, 0.3) is 0 Å². The summed E-state index contributed by atoms with van der Waals surface area (Å²) in [5.41, 5.74) is 8.14. The number of nitrogens with zero attached hydrogens (tertiary/aromatic N) is 2. The number of hydrogen-bond donors (Lipinski definition) is 2. The molecular weight excluding hydrogens is 352 g/mol. The zero-order chi connectivity index (χ0) is 19.1. The van der Waals surface area contributed by atoms with Gasteiger partial charge in [-0.25, -0.2) is 0 Å². The summed E-state index contributed by atoms with van der Waals surface area (Å²) >= 11 is 5.79. The first-order chi connectivity index (χ1) is 12.9. The molecule has 4 rings (SSSR count). The molecule has 2 aromatic heterocycles. The average Bonchev–Trinajstić information content (AvgIpc) is 3.13. The Morgan fingerprint density at radius 2 is 1.74 bits per heavy atom. The van der Waals surface area contributed by atoms with Crippen molar-refractivity contribution < 1.29 is 0 Å². The SMILES string of the molecule is Cc1cc(C)cc(N2C(=S)N[C@@H](c3ccccn3)[C@H]2c2cc(C)[nH]c2C)c1. The Balaban J connectivity index is 1.88. The molecule has 27 heavy (non-hydrogen) atoms. The Morgan fingerprint density at radius 3 is 2.33 bits per heavy atom. The maximum atomic E-state index is 5.79. The van der Waals surface area contributed by atoms with Gasteiger partial charge in [0.05, 0.1) is 17.8 Å². The van der Waals surface area contributed by atoms with E-state index < -0.39 is 0 Å². The molecule has 3 heterocycles. The first-order valence-corrected chi connectivity index (χ1v) is 9.60. The molecule has 138 valence electrons. The largest absolute Gasteiger partial charge is 0.362 e.